The molecule has 0 unspecified atom stereocenters. The summed E-state index contributed by atoms with van der Waals surface area (Å²) >= 11 is 0. The summed E-state index contributed by atoms with van der Waals surface area (Å²) in [5.41, 5.74) is 3.23. The van der Waals surface area contributed by atoms with E-state index in [9.17, 15) is 0 Å². The molecule has 0 spiro atoms. The van der Waals surface area contributed by atoms with Crippen LogP contribution in [0.25, 0.3) is 0 Å². The van der Waals surface area contributed by atoms with Crippen molar-refractivity contribution in [3.8, 4) is 5.88 Å². The van der Waals surface area contributed by atoms with E-state index >= 15 is 0 Å². The van der Waals surface area contributed by atoms with Gasteiger partial charge in [0.1, 0.15) is 6.61 Å². The van der Waals surface area contributed by atoms with E-state index in [1.54, 1.807) is 13.3 Å². The number of aryl methyl sites for hydroxylation is 1. The van der Waals surface area contributed by atoms with Crippen molar-refractivity contribution in [3.63, 3.8) is 0 Å². The van der Waals surface area contributed by atoms with E-state index in [2.05, 4.69) is 15.4 Å². The van der Waals surface area contributed by atoms with Gasteiger partial charge in [-0.25, -0.2) is 10.8 Å². The van der Waals surface area contributed by atoms with E-state index < -0.39 is 0 Å². The Bertz CT molecular complexity index is 349. The Morgan fingerprint density at radius 2 is 2.11 bits per heavy atom. The first kappa shape index (κ1) is 14.6. The first-order valence-corrected chi connectivity index (χ1v) is 5.77. The van der Waals surface area contributed by atoms with Gasteiger partial charge in [0.05, 0.1) is 6.61 Å². The Morgan fingerprint density at radius 3 is 2.83 bits per heavy atom. The van der Waals surface area contributed by atoms with E-state index in [1.165, 1.54) is 0 Å². The molecule has 0 fully saturated rings. The molecule has 3 N–H and O–H groups in total. The molecular formula is C11H20N4O3. The minimum Gasteiger partial charge on any atom is -0.475 e. The van der Waals surface area contributed by atoms with Crippen LogP contribution in [0.15, 0.2) is 6.20 Å². The van der Waals surface area contributed by atoms with Crippen LogP contribution in [0.2, 0.25) is 0 Å². The Hall–Kier alpha value is -1.44. The minimum atomic E-state index is 0.330. The Labute approximate surface area is 107 Å². The molecule has 0 aromatic carbocycles. The average molecular weight is 256 g/mol. The fourth-order valence-electron chi connectivity index (χ4n) is 1.25. The van der Waals surface area contributed by atoms with Crippen LogP contribution in [0.3, 0.4) is 0 Å². The number of methoxy groups -OCH3 is 1. The Kier molecular flexibility index (Phi) is 7.00. The van der Waals surface area contributed by atoms with E-state index in [4.69, 9.17) is 20.1 Å². The van der Waals surface area contributed by atoms with Crippen molar-refractivity contribution in [2.75, 3.05) is 39.0 Å². The third-order valence-electron chi connectivity index (χ3n) is 2.16. The van der Waals surface area contributed by atoms with Crippen LogP contribution in [0, 0.1) is 6.92 Å². The Morgan fingerprint density at radius 1 is 1.28 bits per heavy atom. The van der Waals surface area contributed by atoms with Crippen molar-refractivity contribution >= 4 is 5.95 Å². The van der Waals surface area contributed by atoms with Gasteiger partial charge in [-0.05, 0) is 13.3 Å². The zero-order valence-electron chi connectivity index (χ0n) is 10.8. The van der Waals surface area contributed by atoms with Crippen molar-refractivity contribution in [2.24, 2.45) is 5.84 Å². The van der Waals surface area contributed by atoms with Crippen LogP contribution in [-0.4, -0.2) is 43.5 Å². The maximum absolute atomic E-state index is 5.48. The highest BCUT2D eigenvalue weighted by Gasteiger charge is 2.03. The van der Waals surface area contributed by atoms with Crippen molar-refractivity contribution in [3.05, 3.63) is 11.8 Å². The number of aromatic nitrogens is 2. The van der Waals surface area contributed by atoms with E-state index in [1.807, 2.05) is 6.92 Å². The number of nitrogens with one attached hydrogen (secondary N) is 1. The summed E-state index contributed by atoms with van der Waals surface area (Å²) < 4.78 is 15.8. The molecule has 0 aliphatic carbocycles. The van der Waals surface area contributed by atoms with Gasteiger partial charge >= 0.3 is 0 Å². The second-order valence-corrected chi connectivity index (χ2v) is 3.63. The lowest BCUT2D eigenvalue weighted by molar-refractivity contribution is 0.0794. The van der Waals surface area contributed by atoms with Crippen molar-refractivity contribution in [2.45, 2.75) is 13.3 Å². The minimum absolute atomic E-state index is 0.330. The van der Waals surface area contributed by atoms with Crippen molar-refractivity contribution in [1.82, 2.24) is 9.97 Å². The SMILES string of the molecule is COCCCOCCOc1nc(NN)ncc1C. The molecule has 0 amide bonds. The van der Waals surface area contributed by atoms with Crippen molar-refractivity contribution < 1.29 is 14.2 Å². The Balaban J connectivity index is 2.22. The molecular weight excluding hydrogens is 236 g/mol. The quantitative estimate of drug-likeness (QED) is 0.377. The number of hydrogen-bond acceptors (Lipinski definition) is 7. The van der Waals surface area contributed by atoms with Gasteiger partial charge in [0.2, 0.25) is 11.8 Å². The van der Waals surface area contributed by atoms with Crippen LogP contribution >= 0.6 is 0 Å². The first-order chi connectivity index (χ1) is 8.77. The monoisotopic (exact) mass is 256 g/mol. The summed E-state index contributed by atoms with van der Waals surface area (Å²) in [4.78, 5) is 8.06. The molecule has 102 valence electrons. The number of nitrogens with zero attached hydrogens (tertiary/aromatic N) is 2. The van der Waals surface area contributed by atoms with Crippen molar-refractivity contribution in [1.29, 1.82) is 0 Å². The molecule has 0 saturated heterocycles. The predicted octanol–water partition coefficient (Wildman–Crippen LogP) is 0.503. The molecule has 18 heavy (non-hydrogen) atoms. The van der Waals surface area contributed by atoms with E-state index in [0.29, 0.717) is 38.3 Å². The normalized spacial score (nSPS) is 10.4. The van der Waals surface area contributed by atoms with Crippen LogP contribution in [0.5, 0.6) is 5.88 Å². The van der Waals surface area contributed by atoms with Gasteiger partial charge in [0, 0.05) is 32.1 Å². The van der Waals surface area contributed by atoms with Gasteiger partial charge in [-0.2, -0.15) is 4.98 Å². The smallest absolute Gasteiger partial charge is 0.240 e. The summed E-state index contributed by atoms with van der Waals surface area (Å²) in [7, 11) is 1.67. The van der Waals surface area contributed by atoms with Gasteiger partial charge in [-0.15, -0.1) is 0 Å². The fraction of sp³-hybridized carbons (Fsp3) is 0.636. The first-order valence-electron chi connectivity index (χ1n) is 5.77. The molecule has 0 aliphatic rings. The predicted molar refractivity (Wildman–Crippen MR) is 67.4 cm³/mol. The number of nitrogen functional groups attached to an aromatic ring is 1. The highest BCUT2D eigenvalue weighted by atomic mass is 16.5. The molecule has 0 atom stereocenters. The second kappa shape index (κ2) is 8.62. The number of ether oxygens (including phenoxy) is 3. The van der Waals surface area contributed by atoms with E-state index in [-0.39, 0.29) is 0 Å². The molecule has 1 rings (SSSR count). The van der Waals surface area contributed by atoms with Crippen LogP contribution < -0.4 is 16.0 Å². The molecule has 0 bridgehead atoms. The summed E-state index contributed by atoms with van der Waals surface area (Å²) in [6.45, 7) is 4.19. The number of anilines is 1. The molecule has 7 heteroatoms. The zero-order valence-corrected chi connectivity index (χ0v) is 10.8. The molecule has 0 saturated carbocycles. The maximum atomic E-state index is 5.48. The van der Waals surface area contributed by atoms with Gasteiger partial charge in [0.25, 0.3) is 0 Å². The highest BCUT2D eigenvalue weighted by Crippen LogP contribution is 2.14. The summed E-state index contributed by atoms with van der Waals surface area (Å²) in [6.07, 6.45) is 2.53. The zero-order chi connectivity index (χ0) is 13.2. The number of rotatable bonds is 9. The lowest BCUT2D eigenvalue weighted by Gasteiger charge is -2.09. The van der Waals surface area contributed by atoms with Crippen LogP contribution in [-0.2, 0) is 9.47 Å². The third-order valence-corrected chi connectivity index (χ3v) is 2.16. The number of hydrogen-bond donors (Lipinski definition) is 2. The summed E-state index contributed by atoms with van der Waals surface area (Å²) in [6, 6.07) is 0. The molecule has 7 nitrogen and oxygen atoms in total. The largest absolute Gasteiger partial charge is 0.475 e. The maximum Gasteiger partial charge on any atom is 0.240 e. The highest BCUT2D eigenvalue weighted by molar-refractivity contribution is 5.31. The number of nitrogens with two attached hydrogens (primary N) is 1. The van der Waals surface area contributed by atoms with Gasteiger partial charge in [-0.1, -0.05) is 0 Å². The standard InChI is InChI=1S/C11H20N4O3/c1-9-8-13-11(15-12)14-10(9)18-7-6-17-5-3-4-16-2/h8H,3-7,12H2,1-2H3,(H,13,14,15). The average Bonchev–Trinajstić information content (AvgIpc) is 2.39. The molecule has 1 aromatic rings. The third kappa shape index (κ3) is 5.26. The van der Waals surface area contributed by atoms with Crippen LogP contribution in [0.1, 0.15) is 12.0 Å². The van der Waals surface area contributed by atoms with Gasteiger partial charge in [0.15, 0.2) is 0 Å². The molecule has 1 heterocycles. The van der Waals surface area contributed by atoms with Gasteiger partial charge in [-0.3, -0.25) is 5.43 Å². The fourth-order valence-corrected chi connectivity index (χ4v) is 1.25. The molecule has 0 aliphatic heterocycles. The second-order valence-electron chi connectivity index (χ2n) is 3.63. The molecule has 1 aromatic heterocycles. The van der Waals surface area contributed by atoms with Crippen LogP contribution in [0.4, 0.5) is 5.95 Å². The van der Waals surface area contributed by atoms with E-state index in [0.717, 1.165) is 12.0 Å². The lowest BCUT2D eigenvalue weighted by atomic mass is 10.4. The lowest BCUT2D eigenvalue weighted by Crippen LogP contribution is -2.13. The topological polar surface area (TPSA) is 91.5 Å². The van der Waals surface area contributed by atoms with Gasteiger partial charge < -0.3 is 14.2 Å². The molecule has 0 radical (unpaired) electrons. The summed E-state index contributed by atoms with van der Waals surface area (Å²) in [5.74, 6) is 6.07. The summed E-state index contributed by atoms with van der Waals surface area (Å²) in [5, 5.41) is 0. The number of hydrazine groups is 1.